The van der Waals surface area contributed by atoms with Gasteiger partial charge < -0.3 is 5.11 Å². The second kappa shape index (κ2) is 3.64. The highest BCUT2D eigenvalue weighted by Gasteiger charge is 2.11. The minimum atomic E-state index is -0.653. The van der Waals surface area contributed by atoms with Crippen molar-refractivity contribution in [2.75, 3.05) is 0 Å². The summed E-state index contributed by atoms with van der Waals surface area (Å²) < 4.78 is 0. The third kappa shape index (κ3) is 1.74. The van der Waals surface area contributed by atoms with Crippen molar-refractivity contribution in [3.8, 4) is 0 Å². The van der Waals surface area contributed by atoms with Crippen LogP contribution >= 0.6 is 11.3 Å². The number of aliphatic hydroxyl groups excluding tert-OH is 1. The Morgan fingerprint density at radius 1 is 1.38 bits per heavy atom. The topological polar surface area (TPSA) is 46.0 Å². The van der Waals surface area contributed by atoms with Crippen molar-refractivity contribution in [1.29, 1.82) is 0 Å². The van der Waals surface area contributed by atoms with Gasteiger partial charge in [0.15, 0.2) is 0 Å². The molecule has 1 atom stereocenters. The summed E-state index contributed by atoms with van der Waals surface area (Å²) in [6.45, 7) is 0. The van der Waals surface area contributed by atoms with Crippen LogP contribution in [0.2, 0.25) is 0 Å². The zero-order chi connectivity index (χ0) is 9.10. The fourth-order valence-electron chi connectivity index (χ4n) is 1.05. The van der Waals surface area contributed by atoms with Gasteiger partial charge in [-0.3, -0.25) is 9.97 Å². The van der Waals surface area contributed by atoms with Crippen molar-refractivity contribution in [1.82, 2.24) is 9.97 Å². The normalized spacial score (nSPS) is 12.7. The second-order valence-corrected chi connectivity index (χ2v) is 3.37. The van der Waals surface area contributed by atoms with Crippen molar-refractivity contribution in [2.24, 2.45) is 0 Å². The van der Waals surface area contributed by atoms with Gasteiger partial charge in [-0.05, 0) is 22.4 Å². The third-order valence-corrected chi connectivity index (χ3v) is 2.42. The molecule has 1 unspecified atom stereocenters. The maximum Gasteiger partial charge on any atom is 0.123 e. The van der Waals surface area contributed by atoms with Crippen LogP contribution in [0.3, 0.4) is 0 Å². The summed E-state index contributed by atoms with van der Waals surface area (Å²) >= 11 is 1.55. The summed E-state index contributed by atoms with van der Waals surface area (Å²) in [4.78, 5) is 7.92. The number of thiophene rings is 1. The maximum absolute atomic E-state index is 9.78. The Labute approximate surface area is 79.7 Å². The number of hydrogen-bond acceptors (Lipinski definition) is 4. The second-order valence-electron chi connectivity index (χ2n) is 2.59. The molecule has 2 heterocycles. The maximum atomic E-state index is 9.78. The summed E-state index contributed by atoms with van der Waals surface area (Å²) in [5.74, 6) is 0. The smallest absolute Gasteiger partial charge is 0.123 e. The SMILES string of the molecule is OC(c1ccsc1)c1cnccn1. The number of nitrogens with zero attached hydrogens (tertiary/aromatic N) is 2. The molecule has 0 aliphatic rings. The van der Waals surface area contributed by atoms with E-state index in [-0.39, 0.29) is 0 Å². The van der Waals surface area contributed by atoms with Gasteiger partial charge in [-0.1, -0.05) is 0 Å². The molecular formula is C9H8N2OS. The van der Waals surface area contributed by atoms with Crippen LogP contribution in [0.15, 0.2) is 35.4 Å². The third-order valence-electron chi connectivity index (χ3n) is 1.72. The van der Waals surface area contributed by atoms with Crippen molar-refractivity contribution in [3.05, 3.63) is 46.7 Å². The van der Waals surface area contributed by atoms with E-state index < -0.39 is 6.10 Å². The largest absolute Gasteiger partial charge is 0.382 e. The highest BCUT2D eigenvalue weighted by Crippen LogP contribution is 2.20. The number of aromatic nitrogens is 2. The highest BCUT2D eigenvalue weighted by molar-refractivity contribution is 7.07. The molecule has 0 aliphatic carbocycles. The molecular weight excluding hydrogens is 184 g/mol. The van der Waals surface area contributed by atoms with Crippen molar-refractivity contribution in [2.45, 2.75) is 6.10 Å². The minimum absolute atomic E-state index is 0.584. The highest BCUT2D eigenvalue weighted by atomic mass is 32.1. The van der Waals surface area contributed by atoms with E-state index in [4.69, 9.17) is 0 Å². The standard InChI is InChI=1S/C9H8N2OS/c12-9(7-1-4-13-6-7)8-5-10-2-3-11-8/h1-6,9,12H. The molecule has 3 nitrogen and oxygen atoms in total. The first-order valence-corrected chi connectivity index (χ1v) is 4.78. The Bertz CT molecular complexity index is 360. The van der Waals surface area contributed by atoms with Crippen LogP contribution < -0.4 is 0 Å². The van der Waals surface area contributed by atoms with Crippen LogP contribution in [-0.2, 0) is 0 Å². The van der Waals surface area contributed by atoms with Crippen LogP contribution in [0.1, 0.15) is 17.4 Å². The lowest BCUT2D eigenvalue weighted by Crippen LogP contribution is -2.00. The lowest BCUT2D eigenvalue weighted by Gasteiger charge is -2.06. The Morgan fingerprint density at radius 2 is 2.31 bits per heavy atom. The predicted octanol–water partition coefficient (Wildman–Crippen LogP) is 1.62. The summed E-state index contributed by atoms with van der Waals surface area (Å²) in [5.41, 5.74) is 1.45. The predicted molar refractivity (Wildman–Crippen MR) is 50.4 cm³/mol. The van der Waals surface area contributed by atoms with E-state index in [0.717, 1.165) is 5.56 Å². The van der Waals surface area contributed by atoms with Crippen LogP contribution in [0.4, 0.5) is 0 Å². The van der Waals surface area contributed by atoms with Gasteiger partial charge in [0.25, 0.3) is 0 Å². The van der Waals surface area contributed by atoms with Crippen LogP contribution in [0, 0.1) is 0 Å². The van der Waals surface area contributed by atoms with E-state index in [0.29, 0.717) is 5.69 Å². The van der Waals surface area contributed by atoms with Crippen LogP contribution in [0.25, 0.3) is 0 Å². The molecule has 2 rings (SSSR count). The van der Waals surface area contributed by atoms with Gasteiger partial charge >= 0.3 is 0 Å². The molecule has 2 aromatic rings. The summed E-state index contributed by atoms with van der Waals surface area (Å²) in [6, 6.07) is 1.88. The Morgan fingerprint density at radius 3 is 2.92 bits per heavy atom. The van der Waals surface area contributed by atoms with E-state index in [1.807, 2.05) is 16.8 Å². The molecule has 66 valence electrons. The van der Waals surface area contributed by atoms with Crippen molar-refractivity contribution in [3.63, 3.8) is 0 Å². The molecule has 0 radical (unpaired) electrons. The average molecular weight is 192 g/mol. The van der Waals surface area contributed by atoms with E-state index >= 15 is 0 Å². The van der Waals surface area contributed by atoms with Crippen molar-refractivity contribution >= 4 is 11.3 Å². The van der Waals surface area contributed by atoms with E-state index in [1.54, 1.807) is 29.9 Å². The van der Waals surface area contributed by atoms with E-state index in [1.165, 1.54) is 0 Å². The quantitative estimate of drug-likeness (QED) is 0.786. The average Bonchev–Trinajstić information content (AvgIpc) is 2.71. The van der Waals surface area contributed by atoms with Gasteiger partial charge in [-0.25, -0.2) is 0 Å². The molecule has 4 heteroatoms. The van der Waals surface area contributed by atoms with Crippen molar-refractivity contribution < 1.29 is 5.11 Å². The first kappa shape index (κ1) is 8.34. The monoisotopic (exact) mass is 192 g/mol. The zero-order valence-corrected chi connectivity index (χ0v) is 7.61. The fourth-order valence-corrected chi connectivity index (χ4v) is 1.73. The molecule has 0 saturated heterocycles. The van der Waals surface area contributed by atoms with E-state index in [2.05, 4.69) is 9.97 Å². The molecule has 0 fully saturated rings. The molecule has 0 saturated carbocycles. The number of hydrogen-bond donors (Lipinski definition) is 1. The van der Waals surface area contributed by atoms with Gasteiger partial charge in [-0.2, -0.15) is 11.3 Å². The van der Waals surface area contributed by atoms with Crippen LogP contribution in [0.5, 0.6) is 0 Å². The molecule has 0 aliphatic heterocycles. The van der Waals surface area contributed by atoms with Gasteiger partial charge in [0.2, 0.25) is 0 Å². The van der Waals surface area contributed by atoms with Gasteiger partial charge in [0, 0.05) is 12.4 Å². The summed E-state index contributed by atoms with van der Waals surface area (Å²) in [5, 5.41) is 13.6. The molecule has 0 amide bonds. The Hall–Kier alpha value is -1.26. The lowest BCUT2D eigenvalue weighted by atomic mass is 10.1. The summed E-state index contributed by atoms with van der Waals surface area (Å²) in [7, 11) is 0. The van der Waals surface area contributed by atoms with Gasteiger partial charge in [-0.15, -0.1) is 0 Å². The first-order valence-electron chi connectivity index (χ1n) is 3.84. The van der Waals surface area contributed by atoms with Gasteiger partial charge in [0.05, 0.1) is 11.9 Å². The molecule has 2 aromatic heterocycles. The minimum Gasteiger partial charge on any atom is -0.382 e. The zero-order valence-electron chi connectivity index (χ0n) is 6.79. The number of aliphatic hydroxyl groups is 1. The molecule has 0 spiro atoms. The Kier molecular flexibility index (Phi) is 2.33. The molecule has 1 N–H and O–H groups in total. The molecule has 0 aromatic carbocycles. The Balaban J connectivity index is 2.29. The lowest BCUT2D eigenvalue weighted by molar-refractivity contribution is 0.215. The fraction of sp³-hybridized carbons (Fsp3) is 0.111. The molecule has 0 bridgehead atoms. The van der Waals surface area contributed by atoms with Crippen LogP contribution in [-0.4, -0.2) is 15.1 Å². The first-order chi connectivity index (χ1) is 6.38. The molecule has 13 heavy (non-hydrogen) atoms. The van der Waals surface area contributed by atoms with E-state index in [9.17, 15) is 5.11 Å². The number of rotatable bonds is 2. The van der Waals surface area contributed by atoms with Gasteiger partial charge in [0.1, 0.15) is 6.10 Å². The summed E-state index contributed by atoms with van der Waals surface area (Å²) in [6.07, 6.45) is 4.08.